The number of hydrogen-bond donors (Lipinski definition) is 0. The monoisotopic (exact) mass is 304 g/mol. The van der Waals surface area contributed by atoms with Crippen molar-refractivity contribution in [1.29, 1.82) is 0 Å². The predicted molar refractivity (Wildman–Crippen MR) is 79.6 cm³/mol. The second kappa shape index (κ2) is 5.29. The number of ether oxygens (including phenoxy) is 1. The lowest BCUT2D eigenvalue weighted by Gasteiger charge is -2.01. The molecular formula is C15H13FN2O2S. The molecule has 0 atom stereocenters. The highest BCUT2D eigenvalue weighted by molar-refractivity contribution is 7.20. The average molecular weight is 304 g/mol. The van der Waals surface area contributed by atoms with Crippen molar-refractivity contribution in [3.05, 3.63) is 46.7 Å². The Balaban J connectivity index is 2.11. The summed E-state index contributed by atoms with van der Waals surface area (Å²) in [6.07, 6.45) is 0. The van der Waals surface area contributed by atoms with Crippen LogP contribution in [0.4, 0.5) is 4.39 Å². The minimum atomic E-state index is -0.330. The first-order valence-corrected chi connectivity index (χ1v) is 7.34. The number of aryl methyl sites for hydroxylation is 1. The molecule has 0 aliphatic heterocycles. The number of carbonyl (C=O) groups is 1. The summed E-state index contributed by atoms with van der Waals surface area (Å²) >= 11 is 1.32. The number of hydrogen-bond acceptors (Lipinski definition) is 4. The van der Waals surface area contributed by atoms with Gasteiger partial charge in [0.15, 0.2) is 0 Å². The molecule has 4 nitrogen and oxygen atoms in total. The van der Waals surface area contributed by atoms with Gasteiger partial charge in [0, 0.05) is 5.39 Å². The van der Waals surface area contributed by atoms with E-state index in [1.807, 2.05) is 6.92 Å². The number of nitrogens with zero attached hydrogens (tertiary/aromatic N) is 2. The van der Waals surface area contributed by atoms with Crippen molar-refractivity contribution in [1.82, 2.24) is 9.78 Å². The molecule has 6 heteroatoms. The minimum absolute atomic E-state index is 0.294. The number of halogens is 1. The Hall–Kier alpha value is -2.21. The summed E-state index contributed by atoms with van der Waals surface area (Å²) in [4.78, 5) is 13.2. The maximum atomic E-state index is 13.0. The molecule has 0 aliphatic rings. The van der Waals surface area contributed by atoms with Crippen LogP contribution < -0.4 is 0 Å². The van der Waals surface area contributed by atoms with Crippen LogP contribution in [0.1, 0.15) is 22.3 Å². The molecule has 0 spiro atoms. The van der Waals surface area contributed by atoms with Gasteiger partial charge in [0.05, 0.1) is 18.0 Å². The molecule has 2 aromatic heterocycles. The van der Waals surface area contributed by atoms with Crippen molar-refractivity contribution in [2.75, 3.05) is 6.61 Å². The van der Waals surface area contributed by atoms with Crippen LogP contribution in [0.2, 0.25) is 0 Å². The number of aromatic nitrogens is 2. The lowest BCUT2D eigenvalue weighted by molar-refractivity contribution is 0.0532. The molecule has 0 N–H and O–H groups in total. The number of thiophene rings is 1. The van der Waals surface area contributed by atoms with Gasteiger partial charge < -0.3 is 4.74 Å². The van der Waals surface area contributed by atoms with Gasteiger partial charge in [0.25, 0.3) is 0 Å². The second-order valence-corrected chi connectivity index (χ2v) is 5.55. The highest BCUT2D eigenvalue weighted by Crippen LogP contribution is 2.30. The number of fused-ring (bicyclic) bond motifs is 1. The van der Waals surface area contributed by atoms with Crippen molar-refractivity contribution < 1.29 is 13.9 Å². The zero-order chi connectivity index (χ0) is 15.0. The second-order valence-electron chi connectivity index (χ2n) is 4.52. The summed E-state index contributed by atoms with van der Waals surface area (Å²) < 4.78 is 19.8. The first kappa shape index (κ1) is 13.8. The van der Waals surface area contributed by atoms with E-state index in [0.717, 1.165) is 21.6 Å². The van der Waals surface area contributed by atoms with Crippen LogP contribution >= 0.6 is 11.3 Å². The molecule has 0 bridgehead atoms. The Morgan fingerprint density at radius 3 is 2.76 bits per heavy atom. The summed E-state index contributed by atoms with van der Waals surface area (Å²) in [6, 6.07) is 7.88. The summed E-state index contributed by atoms with van der Waals surface area (Å²) in [7, 11) is 0. The molecule has 21 heavy (non-hydrogen) atoms. The van der Waals surface area contributed by atoms with E-state index in [1.54, 1.807) is 29.8 Å². The third kappa shape index (κ3) is 2.42. The first-order chi connectivity index (χ1) is 10.1. The van der Waals surface area contributed by atoms with Crippen molar-refractivity contribution in [3.63, 3.8) is 0 Å². The van der Waals surface area contributed by atoms with Crippen molar-refractivity contribution >= 4 is 27.5 Å². The molecule has 0 saturated carbocycles. The zero-order valence-corrected chi connectivity index (χ0v) is 12.4. The normalized spacial score (nSPS) is 11.0. The summed E-state index contributed by atoms with van der Waals surface area (Å²) in [5.41, 5.74) is 1.58. The Morgan fingerprint density at radius 2 is 2.10 bits per heavy atom. The van der Waals surface area contributed by atoms with Gasteiger partial charge in [0.1, 0.15) is 15.5 Å². The van der Waals surface area contributed by atoms with Crippen molar-refractivity contribution in [3.8, 4) is 5.69 Å². The molecule has 0 radical (unpaired) electrons. The Bertz CT molecular complexity index is 805. The molecule has 3 aromatic rings. The summed E-state index contributed by atoms with van der Waals surface area (Å²) in [5.74, 6) is -0.624. The maximum absolute atomic E-state index is 13.0. The van der Waals surface area contributed by atoms with Gasteiger partial charge in [0.2, 0.25) is 0 Å². The SMILES string of the molecule is CCOC(=O)c1cc2c(C)nn(-c3ccc(F)cc3)c2s1. The van der Waals surface area contributed by atoms with Gasteiger partial charge in [-0.05, 0) is 44.2 Å². The highest BCUT2D eigenvalue weighted by Gasteiger charge is 2.17. The van der Waals surface area contributed by atoms with Gasteiger partial charge >= 0.3 is 5.97 Å². The van der Waals surface area contributed by atoms with Gasteiger partial charge in [-0.1, -0.05) is 0 Å². The minimum Gasteiger partial charge on any atom is -0.462 e. The van der Waals surface area contributed by atoms with E-state index in [9.17, 15) is 9.18 Å². The zero-order valence-electron chi connectivity index (χ0n) is 11.6. The molecule has 0 saturated heterocycles. The fourth-order valence-electron chi connectivity index (χ4n) is 2.11. The van der Waals surface area contributed by atoms with E-state index < -0.39 is 0 Å². The molecule has 0 amide bonds. The summed E-state index contributed by atoms with van der Waals surface area (Å²) in [6.45, 7) is 4.00. The molecule has 1 aromatic carbocycles. The molecule has 2 heterocycles. The lowest BCUT2D eigenvalue weighted by Crippen LogP contribution is -2.02. The van der Waals surface area contributed by atoms with Crippen LogP contribution in [-0.2, 0) is 4.74 Å². The third-order valence-electron chi connectivity index (χ3n) is 3.09. The van der Waals surface area contributed by atoms with Crippen molar-refractivity contribution in [2.45, 2.75) is 13.8 Å². The quantitative estimate of drug-likeness (QED) is 0.693. The molecule has 108 valence electrons. The highest BCUT2D eigenvalue weighted by atomic mass is 32.1. The molecule has 3 rings (SSSR count). The van der Waals surface area contributed by atoms with E-state index in [4.69, 9.17) is 4.74 Å². The van der Waals surface area contributed by atoms with Gasteiger partial charge in [-0.25, -0.2) is 13.9 Å². The van der Waals surface area contributed by atoms with E-state index in [0.29, 0.717) is 11.5 Å². The molecule has 0 aliphatic carbocycles. The van der Waals surface area contributed by atoms with Gasteiger partial charge in [-0.2, -0.15) is 5.10 Å². The van der Waals surface area contributed by atoms with E-state index in [2.05, 4.69) is 5.10 Å². The topological polar surface area (TPSA) is 44.1 Å². The van der Waals surface area contributed by atoms with Crippen molar-refractivity contribution in [2.24, 2.45) is 0 Å². The Morgan fingerprint density at radius 1 is 1.38 bits per heavy atom. The van der Waals surface area contributed by atoms with E-state index >= 15 is 0 Å². The largest absolute Gasteiger partial charge is 0.462 e. The molecular weight excluding hydrogens is 291 g/mol. The number of rotatable bonds is 3. The summed E-state index contributed by atoms with van der Waals surface area (Å²) in [5, 5.41) is 5.36. The van der Waals surface area contributed by atoms with Gasteiger partial charge in [-0.3, -0.25) is 0 Å². The molecule has 0 fully saturated rings. The van der Waals surface area contributed by atoms with Crippen LogP contribution in [0.3, 0.4) is 0 Å². The van der Waals surface area contributed by atoms with Crippen LogP contribution in [0, 0.1) is 12.7 Å². The third-order valence-corrected chi connectivity index (χ3v) is 4.18. The standard InChI is InChI=1S/C15H13FN2O2S/c1-3-20-15(19)13-8-12-9(2)17-18(14(12)21-13)11-6-4-10(16)5-7-11/h4-8H,3H2,1-2H3. The number of benzene rings is 1. The number of esters is 1. The molecule has 0 unspecified atom stereocenters. The van der Waals surface area contributed by atoms with E-state index in [-0.39, 0.29) is 11.8 Å². The van der Waals surface area contributed by atoms with Crippen LogP contribution in [-0.4, -0.2) is 22.4 Å². The lowest BCUT2D eigenvalue weighted by atomic mass is 10.3. The smallest absolute Gasteiger partial charge is 0.348 e. The van der Waals surface area contributed by atoms with E-state index in [1.165, 1.54) is 23.5 Å². The predicted octanol–water partition coefficient (Wildman–Crippen LogP) is 3.71. The Kier molecular flexibility index (Phi) is 3.47. The first-order valence-electron chi connectivity index (χ1n) is 6.52. The average Bonchev–Trinajstić information content (AvgIpc) is 3.01. The maximum Gasteiger partial charge on any atom is 0.348 e. The van der Waals surface area contributed by atoms with Gasteiger partial charge in [-0.15, -0.1) is 11.3 Å². The van der Waals surface area contributed by atoms with Crippen LogP contribution in [0.15, 0.2) is 30.3 Å². The van der Waals surface area contributed by atoms with Crippen LogP contribution in [0.5, 0.6) is 0 Å². The number of carbonyl (C=O) groups excluding carboxylic acids is 1. The Labute approximate surface area is 124 Å². The fraction of sp³-hybridized carbons (Fsp3) is 0.200. The van der Waals surface area contributed by atoms with Crippen LogP contribution in [0.25, 0.3) is 15.9 Å². The fourth-order valence-corrected chi connectivity index (χ4v) is 3.18.